The number of carbonyl (C=O) groups excluding carboxylic acids is 2. The maximum Gasteiger partial charge on any atom is 0.273 e. The van der Waals surface area contributed by atoms with Crippen molar-refractivity contribution >= 4 is 68.0 Å². The molecule has 0 fully saturated rings. The highest BCUT2D eigenvalue weighted by atomic mass is 35.5. The maximum absolute atomic E-state index is 14.3. The average molecular weight is 700 g/mol. The first-order chi connectivity index (χ1) is 21.3. The van der Waals surface area contributed by atoms with Gasteiger partial charge in [-0.05, 0) is 56.2 Å². The fraction of sp³-hybridized carbons (Fsp3) is 0.333. The zero-order valence-corrected chi connectivity index (χ0v) is 28.1. The quantitative estimate of drug-likeness (QED) is 0.152. The molecule has 11 nitrogen and oxygen atoms in total. The van der Waals surface area contributed by atoms with Crippen molar-refractivity contribution in [2.45, 2.75) is 51.1 Å². The van der Waals surface area contributed by atoms with Crippen molar-refractivity contribution in [3.05, 3.63) is 90.9 Å². The lowest BCUT2D eigenvalue weighted by Gasteiger charge is -2.34. The molecule has 45 heavy (non-hydrogen) atoms. The number of sulfonamides is 1. The molecule has 0 unspecified atom stereocenters. The number of nitro benzene ring substituents is 1. The molecule has 0 aliphatic rings. The molecule has 0 saturated heterocycles. The van der Waals surface area contributed by atoms with Gasteiger partial charge in [-0.25, -0.2) is 8.42 Å². The van der Waals surface area contributed by atoms with Gasteiger partial charge >= 0.3 is 0 Å². The second kappa shape index (κ2) is 15.6. The number of carbonyl (C=O) groups is 2. The highest BCUT2D eigenvalue weighted by Gasteiger charge is 2.36. The largest absolute Gasteiger partial charge is 0.495 e. The van der Waals surface area contributed by atoms with Crippen molar-refractivity contribution in [2.75, 3.05) is 24.5 Å². The Morgan fingerprint density at radius 1 is 1.04 bits per heavy atom. The molecule has 0 aliphatic carbocycles. The maximum atomic E-state index is 14.3. The first-order valence-corrected chi connectivity index (χ1v) is 16.5. The molecule has 1 atom stereocenters. The van der Waals surface area contributed by atoms with Gasteiger partial charge < -0.3 is 15.0 Å². The van der Waals surface area contributed by atoms with Crippen LogP contribution >= 0.6 is 34.8 Å². The lowest BCUT2D eigenvalue weighted by atomic mass is 10.1. The normalized spacial score (nSPS) is 11.9. The van der Waals surface area contributed by atoms with E-state index in [0.29, 0.717) is 18.5 Å². The number of nitro groups is 1. The third-order valence-corrected chi connectivity index (χ3v) is 9.68. The Bertz CT molecular complexity index is 1670. The van der Waals surface area contributed by atoms with Crippen LogP contribution in [0, 0.1) is 17.0 Å². The van der Waals surface area contributed by atoms with Gasteiger partial charge in [-0.1, -0.05) is 60.8 Å². The summed E-state index contributed by atoms with van der Waals surface area (Å²) in [6, 6.07) is 11.4. The van der Waals surface area contributed by atoms with Gasteiger partial charge in [0.05, 0.1) is 22.6 Å². The molecule has 0 radical (unpaired) electrons. The lowest BCUT2D eigenvalue weighted by molar-refractivity contribution is -0.385. The number of amides is 2. The van der Waals surface area contributed by atoms with E-state index in [1.54, 1.807) is 25.1 Å². The number of benzene rings is 3. The van der Waals surface area contributed by atoms with Crippen LogP contribution in [0.15, 0.2) is 59.5 Å². The van der Waals surface area contributed by atoms with Crippen molar-refractivity contribution < 1.29 is 27.7 Å². The Balaban J connectivity index is 2.22. The molecule has 0 aliphatic heterocycles. The summed E-state index contributed by atoms with van der Waals surface area (Å²) in [5, 5.41) is 15.1. The molecule has 0 bridgehead atoms. The third kappa shape index (κ3) is 8.37. The molecule has 15 heteroatoms. The fourth-order valence-electron chi connectivity index (χ4n) is 4.58. The highest BCUT2D eigenvalue weighted by Crippen LogP contribution is 2.36. The molecule has 0 heterocycles. The van der Waals surface area contributed by atoms with E-state index in [2.05, 4.69) is 5.32 Å². The van der Waals surface area contributed by atoms with Crippen LogP contribution < -0.4 is 14.4 Å². The number of hydrogen-bond donors (Lipinski definition) is 1. The van der Waals surface area contributed by atoms with E-state index >= 15 is 0 Å². The predicted octanol–water partition coefficient (Wildman–Crippen LogP) is 6.40. The van der Waals surface area contributed by atoms with E-state index in [1.807, 2.05) is 6.92 Å². The summed E-state index contributed by atoms with van der Waals surface area (Å²) < 4.78 is 34.7. The van der Waals surface area contributed by atoms with Crippen LogP contribution in [0.5, 0.6) is 5.75 Å². The van der Waals surface area contributed by atoms with E-state index in [1.165, 1.54) is 49.3 Å². The second-order valence-electron chi connectivity index (χ2n) is 9.97. The standard InChI is InChI=1S/C30H33Cl3N4O7S/c1-5-14-34-30(39)25(6-2)35(17-22-23(32)8-7-9-24(22)33)29(38)18-36(27-15-20(31)11-13-28(27)44-4)45(42,43)21-12-10-19(3)26(16-21)37(40)41/h7-13,15-16,25H,5-6,14,17-18H2,1-4H3,(H,34,39)/t25-/m0/s1. The monoisotopic (exact) mass is 698 g/mol. The van der Waals surface area contributed by atoms with Gasteiger partial charge in [0.2, 0.25) is 11.8 Å². The summed E-state index contributed by atoms with van der Waals surface area (Å²) >= 11 is 19.1. The molecule has 242 valence electrons. The fourth-order valence-corrected chi connectivity index (χ4v) is 6.70. The van der Waals surface area contributed by atoms with Crippen LogP contribution in [0.3, 0.4) is 0 Å². The molecule has 0 spiro atoms. The summed E-state index contributed by atoms with van der Waals surface area (Å²) in [4.78, 5) is 39.3. The molecular weight excluding hydrogens is 667 g/mol. The number of methoxy groups -OCH3 is 1. The Kier molecular flexibility index (Phi) is 12.5. The van der Waals surface area contributed by atoms with Gasteiger partial charge in [0.15, 0.2) is 0 Å². The predicted molar refractivity (Wildman–Crippen MR) is 175 cm³/mol. The molecule has 1 N–H and O–H groups in total. The number of rotatable bonds is 14. The minimum absolute atomic E-state index is 0.0609. The summed E-state index contributed by atoms with van der Waals surface area (Å²) in [6.45, 7) is 4.37. The molecule has 3 aromatic rings. The summed E-state index contributed by atoms with van der Waals surface area (Å²) in [7, 11) is -3.36. The molecular formula is C30H33Cl3N4O7S. The first-order valence-electron chi connectivity index (χ1n) is 13.9. The number of nitrogens with zero attached hydrogens (tertiary/aromatic N) is 3. The molecule has 0 aromatic heterocycles. The molecule has 3 aromatic carbocycles. The zero-order chi connectivity index (χ0) is 33.5. The van der Waals surface area contributed by atoms with E-state index in [4.69, 9.17) is 39.5 Å². The minimum Gasteiger partial charge on any atom is -0.495 e. The number of nitrogens with one attached hydrogen (secondary N) is 1. The third-order valence-electron chi connectivity index (χ3n) is 6.98. The first kappa shape index (κ1) is 35.9. The van der Waals surface area contributed by atoms with E-state index in [9.17, 15) is 28.1 Å². The Morgan fingerprint density at radius 2 is 1.71 bits per heavy atom. The van der Waals surface area contributed by atoms with Gasteiger partial charge in [-0.2, -0.15) is 0 Å². The zero-order valence-electron chi connectivity index (χ0n) is 25.1. The van der Waals surface area contributed by atoms with Crippen molar-refractivity contribution in [3.63, 3.8) is 0 Å². The SMILES string of the molecule is CCCNC(=O)[C@H](CC)N(Cc1c(Cl)cccc1Cl)C(=O)CN(c1cc(Cl)ccc1OC)S(=O)(=O)c1ccc(C)c([N+](=O)[O-])c1. The summed E-state index contributed by atoms with van der Waals surface area (Å²) in [6.07, 6.45) is 0.830. The number of hydrogen-bond acceptors (Lipinski definition) is 7. The topological polar surface area (TPSA) is 139 Å². The van der Waals surface area contributed by atoms with E-state index < -0.39 is 49.9 Å². The van der Waals surface area contributed by atoms with Crippen LogP contribution in [-0.4, -0.2) is 56.3 Å². The second-order valence-corrected chi connectivity index (χ2v) is 13.1. The molecule has 2 amide bonds. The van der Waals surface area contributed by atoms with Crippen molar-refractivity contribution in [1.82, 2.24) is 10.2 Å². The highest BCUT2D eigenvalue weighted by molar-refractivity contribution is 7.92. The van der Waals surface area contributed by atoms with Crippen LogP contribution in [0.2, 0.25) is 15.1 Å². The van der Waals surface area contributed by atoms with Crippen molar-refractivity contribution in [3.8, 4) is 5.75 Å². The van der Waals surface area contributed by atoms with Crippen molar-refractivity contribution in [2.24, 2.45) is 0 Å². The van der Waals surface area contributed by atoms with Gasteiger partial charge in [-0.15, -0.1) is 0 Å². The Hall–Kier alpha value is -3.58. The Labute approximate surface area is 277 Å². The van der Waals surface area contributed by atoms with Crippen LogP contribution in [0.1, 0.15) is 37.8 Å². The van der Waals surface area contributed by atoms with E-state index in [-0.39, 0.29) is 45.0 Å². The van der Waals surface area contributed by atoms with Gasteiger partial charge in [0.1, 0.15) is 18.3 Å². The van der Waals surface area contributed by atoms with Gasteiger partial charge in [0, 0.05) is 45.4 Å². The van der Waals surface area contributed by atoms with Crippen LogP contribution in [0.25, 0.3) is 0 Å². The smallest absolute Gasteiger partial charge is 0.273 e. The number of ether oxygens (including phenoxy) is 1. The number of aryl methyl sites for hydroxylation is 1. The molecule has 0 saturated carbocycles. The van der Waals surface area contributed by atoms with E-state index in [0.717, 1.165) is 10.4 Å². The van der Waals surface area contributed by atoms with Crippen LogP contribution in [-0.2, 0) is 26.2 Å². The lowest BCUT2D eigenvalue weighted by Crippen LogP contribution is -2.52. The van der Waals surface area contributed by atoms with Gasteiger partial charge in [-0.3, -0.25) is 24.0 Å². The number of halogens is 3. The van der Waals surface area contributed by atoms with Crippen LogP contribution in [0.4, 0.5) is 11.4 Å². The van der Waals surface area contributed by atoms with Gasteiger partial charge in [0.25, 0.3) is 15.7 Å². The Morgan fingerprint density at radius 3 is 2.29 bits per heavy atom. The summed E-state index contributed by atoms with van der Waals surface area (Å²) in [5.74, 6) is -1.16. The minimum atomic E-state index is -4.67. The number of anilines is 1. The van der Waals surface area contributed by atoms with Crippen molar-refractivity contribution in [1.29, 1.82) is 0 Å². The average Bonchev–Trinajstić information content (AvgIpc) is 2.99. The molecule has 3 rings (SSSR count). The summed E-state index contributed by atoms with van der Waals surface area (Å²) in [5.41, 5.74) is 0.0863.